The van der Waals surface area contributed by atoms with Gasteiger partial charge in [0, 0.05) is 19.6 Å². The van der Waals surface area contributed by atoms with E-state index >= 15 is 0 Å². The van der Waals surface area contributed by atoms with E-state index in [1.807, 2.05) is 24.3 Å². The van der Waals surface area contributed by atoms with Gasteiger partial charge in [-0.2, -0.15) is 0 Å². The minimum atomic E-state index is -0.776. The summed E-state index contributed by atoms with van der Waals surface area (Å²) in [7, 11) is 0. The van der Waals surface area contributed by atoms with Crippen molar-refractivity contribution in [2.24, 2.45) is 5.73 Å². The number of benzene rings is 2. The fourth-order valence-corrected chi connectivity index (χ4v) is 2.57. The lowest BCUT2D eigenvalue weighted by Crippen LogP contribution is -2.46. The molecule has 23 heavy (non-hydrogen) atoms. The number of aliphatic hydroxyl groups is 1. The molecule has 2 rings (SSSR count). The Morgan fingerprint density at radius 1 is 1.13 bits per heavy atom. The molecule has 0 saturated heterocycles. The van der Waals surface area contributed by atoms with Gasteiger partial charge in [-0.05, 0) is 42.5 Å². The molecule has 0 radical (unpaired) electrons. The molecule has 0 spiro atoms. The molecule has 0 heterocycles. The van der Waals surface area contributed by atoms with E-state index in [-0.39, 0.29) is 12.7 Å². The van der Waals surface area contributed by atoms with Crippen LogP contribution in [0.2, 0.25) is 0 Å². The molecule has 0 unspecified atom stereocenters. The van der Waals surface area contributed by atoms with Gasteiger partial charge in [-0.15, -0.1) is 0 Å². The molecule has 0 aliphatic carbocycles. The Kier molecular flexibility index (Phi) is 5.94. The predicted octanol–water partition coefficient (Wildman–Crippen LogP) is 1.22. The quantitative estimate of drug-likeness (QED) is 0.756. The number of rotatable bonds is 7. The van der Waals surface area contributed by atoms with Crippen LogP contribution in [0.3, 0.4) is 0 Å². The molecule has 3 nitrogen and oxygen atoms in total. The Balaban J connectivity index is 2.31. The molecule has 5 heteroatoms. The van der Waals surface area contributed by atoms with E-state index in [1.165, 1.54) is 12.1 Å². The molecule has 0 fully saturated rings. The van der Waals surface area contributed by atoms with Crippen LogP contribution in [-0.4, -0.2) is 30.8 Å². The van der Waals surface area contributed by atoms with E-state index in [2.05, 4.69) is 0 Å². The van der Waals surface area contributed by atoms with Crippen molar-refractivity contribution in [3.63, 3.8) is 0 Å². The average molecular weight is 315 g/mol. The predicted molar refractivity (Wildman–Crippen MR) is 92.9 cm³/mol. The Hall–Kier alpha value is -1.69. The summed E-state index contributed by atoms with van der Waals surface area (Å²) in [5.41, 5.74) is 7.64. The molecule has 0 aliphatic heterocycles. The standard InChI is InChI=1S/C18H23BFNO2/c1-18(2,22)13-14-4-3-5-16(12-14)19(23-11-10-21)15-6-8-17(20)9-7-15/h3-9,12,22H,10-11,13,21H2,1-2H3. The lowest BCUT2D eigenvalue weighted by Gasteiger charge is -2.19. The van der Waals surface area contributed by atoms with Crippen molar-refractivity contribution in [2.75, 3.05) is 13.2 Å². The van der Waals surface area contributed by atoms with E-state index in [9.17, 15) is 9.50 Å². The second-order valence-corrected chi connectivity index (χ2v) is 6.33. The molecule has 2 aromatic rings. The molecule has 3 N–H and O–H groups in total. The largest absolute Gasteiger partial charge is 0.426 e. The van der Waals surface area contributed by atoms with Gasteiger partial charge in [0.1, 0.15) is 5.82 Å². The van der Waals surface area contributed by atoms with Crippen LogP contribution in [0, 0.1) is 5.82 Å². The molecule has 122 valence electrons. The van der Waals surface area contributed by atoms with Crippen LogP contribution >= 0.6 is 0 Å². The highest BCUT2D eigenvalue weighted by molar-refractivity contribution is 6.80. The summed E-state index contributed by atoms with van der Waals surface area (Å²) in [4.78, 5) is 0. The first-order valence-electron chi connectivity index (χ1n) is 7.77. The van der Waals surface area contributed by atoms with Crippen LogP contribution in [0.1, 0.15) is 19.4 Å². The fourth-order valence-electron chi connectivity index (χ4n) is 2.57. The minimum Gasteiger partial charge on any atom is -0.426 e. The molecule has 2 aromatic carbocycles. The Morgan fingerprint density at radius 3 is 2.43 bits per heavy atom. The lowest BCUT2D eigenvalue weighted by atomic mass is 9.55. The topological polar surface area (TPSA) is 55.5 Å². The van der Waals surface area contributed by atoms with Crippen LogP contribution < -0.4 is 16.7 Å². The first-order chi connectivity index (χ1) is 10.9. The van der Waals surface area contributed by atoms with Crippen LogP contribution in [0.5, 0.6) is 0 Å². The van der Waals surface area contributed by atoms with Gasteiger partial charge in [-0.3, -0.25) is 0 Å². The van der Waals surface area contributed by atoms with Gasteiger partial charge in [0.05, 0.1) is 5.60 Å². The van der Waals surface area contributed by atoms with Gasteiger partial charge in [0.15, 0.2) is 0 Å². The number of nitrogens with two attached hydrogens (primary N) is 1. The molecule has 0 saturated carbocycles. The number of halogens is 1. The maximum Gasteiger partial charge on any atom is 0.361 e. The Bertz CT molecular complexity index is 626. The highest BCUT2D eigenvalue weighted by atomic mass is 19.1. The van der Waals surface area contributed by atoms with E-state index in [1.54, 1.807) is 26.0 Å². The number of hydrogen-bond acceptors (Lipinski definition) is 3. The normalized spacial score (nSPS) is 11.5. The van der Waals surface area contributed by atoms with Crippen molar-refractivity contribution in [3.8, 4) is 0 Å². The van der Waals surface area contributed by atoms with Gasteiger partial charge in [-0.25, -0.2) is 4.39 Å². The zero-order chi connectivity index (χ0) is 16.9. The molecular formula is C18H23BFNO2. The van der Waals surface area contributed by atoms with E-state index < -0.39 is 5.60 Å². The molecule has 0 bridgehead atoms. The van der Waals surface area contributed by atoms with Crippen LogP contribution in [-0.2, 0) is 11.1 Å². The maximum atomic E-state index is 13.2. The monoisotopic (exact) mass is 315 g/mol. The zero-order valence-corrected chi connectivity index (χ0v) is 13.6. The lowest BCUT2D eigenvalue weighted by molar-refractivity contribution is 0.0810. The van der Waals surface area contributed by atoms with Crippen LogP contribution in [0.15, 0.2) is 48.5 Å². The summed E-state index contributed by atoms with van der Waals surface area (Å²) in [6.45, 7) is 4.09. The van der Waals surface area contributed by atoms with Crippen molar-refractivity contribution in [2.45, 2.75) is 25.9 Å². The van der Waals surface area contributed by atoms with Crippen molar-refractivity contribution >= 4 is 17.8 Å². The first-order valence-corrected chi connectivity index (χ1v) is 7.77. The molecular weight excluding hydrogens is 292 g/mol. The summed E-state index contributed by atoms with van der Waals surface area (Å²) < 4.78 is 19.0. The number of hydrogen-bond donors (Lipinski definition) is 2. The minimum absolute atomic E-state index is 0.276. The van der Waals surface area contributed by atoms with Crippen LogP contribution in [0.25, 0.3) is 0 Å². The van der Waals surface area contributed by atoms with E-state index in [4.69, 9.17) is 10.4 Å². The molecule has 0 aliphatic rings. The second-order valence-electron chi connectivity index (χ2n) is 6.33. The van der Waals surface area contributed by atoms with Crippen molar-refractivity contribution in [1.29, 1.82) is 0 Å². The van der Waals surface area contributed by atoms with Crippen molar-refractivity contribution < 1.29 is 14.2 Å². The van der Waals surface area contributed by atoms with Crippen LogP contribution in [0.4, 0.5) is 4.39 Å². The average Bonchev–Trinajstić information content (AvgIpc) is 2.48. The first kappa shape index (κ1) is 17.7. The van der Waals surface area contributed by atoms with E-state index in [0.717, 1.165) is 16.5 Å². The zero-order valence-electron chi connectivity index (χ0n) is 13.6. The molecule has 0 amide bonds. The van der Waals surface area contributed by atoms with Gasteiger partial charge in [-0.1, -0.05) is 36.4 Å². The third-order valence-electron chi connectivity index (χ3n) is 3.47. The smallest absolute Gasteiger partial charge is 0.361 e. The highest BCUT2D eigenvalue weighted by Gasteiger charge is 2.22. The molecule has 0 atom stereocenters. The van der Waals surface area contributed by atoms with E-state index in [0.29, 0.717) is 19.6 Å². The summed E-state index contributed by atoms with van der Waals surface area (Å²) in [5.74, 6) is -0.276. The van der Waals surface area contributed by atoms with Gasteiger partial charge in [0.2, 0.25) is 0 Å². The summed E-state index contributed by atoms with van der Waals surface area (Å²) in [6, 6.07) is 14.2. The second kappa shape index (κ2) is 7.73. The summed E-state index contributed by atoms with van der Waals surface area (Å²) in [5, 5.41) is 10.0. The fraction of sp³-hybridized carbons (Fsp3) is 0.333. The molecule has 0 aromatic heterocycles. The third-order valence-corrected chi connectivity index (χ3v) is 3.47. The highest BCUT2D eigenvalue weighted by Crippen LogP contribution is 2.11. The van der Waals surface area contributed by atoms with Gasteiger partial charge in [0.25, 0.3) is 0 Å². The third kappa shape index (κ3) is 5.46. The SMILES string of the molecule is CC(C)(O)Cc1cccc(B(OCCN)c2ccc(F)cc2)c1. The Labute approximate surface area is 137 Å². The summed E-state index contributed by atoms with van der Waals surface area (Å²) >= 11 is 0. The van der Waals surface area contributed by atoms with Crippen molar-refractivity contribution in [1.82, 2.24) is 0 Å². The van der Waals surface area contributed by atoms with Crippen molar-refractivity contribution in [3.05, 3.63) is 59.9 Å². The van der Waals surface area contributed by atoms with Gasteiger partial charge < -0.3 is 15.5 Å². The summed E-state index contributed by atoms with van der Waals surface area (Å²) in [6.07, 6.45) is 0.549. The Morgan fingerprint density at radius 2 is 1.83 bits per heavy atom. The maximum absolute atomic E-state index is 13.2. The van der Waals surface area contributed by atoms with Gasteiger partial charge >= 0.3 is 6.92 Å².